The van der Waals surface area contributed by atoms with Gasteiger partial charge < -0.3 is 9.67 Å². The number of thioether (sulfide) groups is 1. The molecule has 0 aromatic carbocycles. The molecule has 0 fully saturated rings. The summed E-state index contributed by atoms with van der Waals surface area (Å²) in [6.45, 7) is 3.39. The Labute approximate surface area is 86.5 Å². The summed E-state index contributed by atoms with van der Waals surface area (Å²) in [6.07, 6.45) is 1.59. The van der Waals surface area contributed by atoms with Crippen molar-refractivity contribution in [1.29, 1.82) is 0 Å². The molecule has 1 N–H and O–H groups in total. The second kappa shape index (κ2) is 4.00. The molecule has 0 aliphatic carbocycles. The number of hydrogen-bond acceptors (Lipinski definition) is 4. The molecule has 0 spiro atoms. The van der Waals surface area contributed by atoms with Crippen LogP contribution in [-0.4, -0.2) is 31.6 Å². The van der Waals surface area contributed by atoms with Crippen molar-refractivity contribution in [3.8, 4) is 0 Å². The van der Waals surface area contributed by atoms with Crippen LogP contribution in [0.15, 0.2) is 11.5 Å². The number of aliphatic carboxylic acids is 1. The summed E-state index contributed by atoms with van der Waals surface area (Å²) < 4.78 is 1.77. The van der Waals surface area contributed by atoms with Gasteiger partial charge in [-0.3, -0.25) is 4.79 Å². The Morgan fingerprint density at radius 2 is 2.36 bits per heavy atom. The molecule has 0 saturated heterocycles. The molecule has 1 rings (SSSR count). The van der Waals surface area contributed by atoms with Gasteiger partial charge in [0.1, 0.15) is 6.33 Å². The standard InChI is InChI=1S/C8H13N3O2S/c1-8(2,6(12)13)4-14-7-10-9-5-11(7)3/h5H,4H2,1-3H3,(H,12,13). The first-order chi connectivity index (χ1) is 6.43. The van der Waals surface area contributed by atoms with Gasteiger partial charge in [-0.2, -0.15) is 0 Å². The van der Waals surface area contributed by atoms with Crippen molar-refractivity contribution in [2.24, 2.45) is 12.5 Å². The molecule has 1 aromatic heterocycles. The van der Waals surface area contributed by atoms with Crippen molar-refractivity contribution in [2.45, 2.75) is 19.0 Å². The highest BCUT2D eigenvalue weighted by Gasteiger charge is 2.27. The van der Waals surface area contributed by atoms with E-state index in [9.17, 15) is 4.79 Å². The molecular formula is C8H13N3O2S. The van der Waals surface area contributed by atoms with E-state index in [0.717, 1.165) is 5.16 Å². The molecule has 14 heavy (non-hydrogen) atoms. The molecule has 0 amide bonds. The van der Waals surface area contributed by atoms with Crippen molar-refractivity contribution in [2.75, 3.05) is 5.75 Å². The molecule has 78 valence electrons. The molecule has 0 unspecified atom stereocenters. The van der Waals surface area contributed by atoms with E-state index in [1.54, 1.807) is 24.7 Å². The summed E-state index contributed by atoms with van der Waals surface area (Å²) in [5.41, 5.74) is -0.739. The molecule has 0 bridgehead atoms. The molecule has 6 heteroatoms. The number of carboxylic acid groups (broad SMARTS) is 1. The van der Waals surface area contributed by atoms with Crippen LogP contribution in [0.1, 0.15) is 13.8 Å². The van der Waals surface area contributed by atoms with E-state index in [-0.39, 0.29) is 0 Å². The van der Waals surface area contributed by atoms with Crippen LogP contribution in [0.2, 0.25) is 0 Å². The minimum Gasteiger partial charge on any atom is -0.481 e. The van der Waals surface area contributed by atoms with Gasteiger partial charge in [-0.1, -0.05) is 11.8 Å². The lowest BCUT2D eigenvalue weighted by molar-refractivity contribution is -0.145. The number of aromatic nitrogens is 3. The van der Waals surface area contributed by atoms with Gasteiger partial charge in [0.25, 0.3) is 0 Å². The maximum Gasteiger partial charge on any atom is 0.309 e. The zero-order valence-corrected chi connectivity index (χ0v) is 9.21. The third-order valence-electron chi connectivity index (χ3n) is 1.81. The number of carboxylic acids is 1. The maximum absolute atomic E-state index is 10.8. The highest BCUT2D eigenvalue weighted by atomic mass is 32.2. The van der Waals surface area contributed by atoms with Gasteiger partial charge in [0.05, 0.1) is 5.41 Å². The Kier molecular flexibility index (Phi) is 3.15. The van der Waals surface area contributed by atoms with Crippen LogP contribution in [-0.2, 0) is 11.8 Å². The SMILES string of the molecule is Cn1cnnc1SCC(C)(C)C(=O)O. The Hall–Kier alpha value is -1.04. The number of carbonyl (C=O) groups is 1. The number of nitrogens with zero attached hydrogens (tertiary/aromatic N) is 3. The second-order valence-corrected chi connectivity index (χ2v) is 4.64. The summed E-state index contributed by atoms with van der Waals surface area (Å²) in [7, 11) is 1.83. The van der Waals surface area contributed by atoms with Crippen LogP contribution in [0, 0.1) is 5.41 Å². The van der Waals surface area contributed by atoms with Crippen molar-refractivity contribution in [3.63, 3.8) is 0 Å². The van der Waals surface area contributed by atoms with E-state index in [1.165, 1.54) is 11.8 Å². The summed E-state index contributed by atoms with van der Waals surface area (Å²) in [5, 5.41) is 17.2. The first-order valence-electron chi connectivity index (χ1n) is 4.13. The molecule has 5 nitrogen and oxygen atoms in total. The lowest BCUT2D eigenvalue weighted by atomic mass is 9.97. The van der Waals surface area contributed by atoms with Crippen molar-refractivity contribution >= 4 is 17.7 Å². The molecule has 1 heterocycles. The smallest absolute Gasteiger partial charge is 0.309 e. The summed E-state index contributed by atoms with van der Waals surface area (Å²) >= 11 is 1.40. The van der Waals surface area contributed by atoms with Crippen LogP contribution in [0.4, 0.5) is 0 Å². The van der Waals surface area contributed by atoms with Crippen LogP contribution in [0.5, 0.6) is 0 Å². The van der Waals surface area contributed by atoms with Crippen molar-refractivity contribution < 1.29 is 9.90 Å². The van der Waals surface area contributed by atoms with Gasteiger partial charge in [-0.15, -0.1) is 10.2 Å². The van der Waals surface area contributed by atoms with Gasteiger partial charge >= 0.3 is 5.97 Å². The highest BCUT2D eigenvalue weighted by molar-refractivity contribution is 7.99. The first-order valence-corrected chi connectivity index (χ1v) is 5.12. The maximum atomic E-state index is 10.8. The van der Waals surface area contributed by atoms with E-state index in [1.807, 2.05) is 7.05 Å². The Bertz CT molecular complexity index is 335. The Balaban J connectivity index is 2.57. The van der Waals surface area contributed by atoms with Crippen LogP contribution in [0.25, 0.3) is 0 Å². The fourth-order valence-electron chi connectivity index (χ4n) is 0.710. The highest BCUT2D eigenvalue weighted by Crippen LogP contribution is 2.25. The topological polar surface area (TPSA) is 68.0 Å². The molecule has 1 aromatic rings. The van der Waals surface area contributed by atoms with Gasteiger partial charge in [0, 0.05) is 12.8 Å². The fraction of sp³-hybridized carbons (Fsp3) is 0.625. The summed E-state index contributed by atoms with van der Waals surface area (Å²) in [5.74, 6) is -0.318. The van der Waals surface area contributed by atoms with Crippen molar-refractivity contribution in [3.05, 3.63) is 6.33 Å². The summed E-state index contributed by atoms with van der Waals surface area (Å²) in [4.78, 5) is 10.8. The normalized spacial score (nSPS) is 11.6. The molecular weight excluding hydrogens is 202 g/mol. The fourth-order valence-corrected chi connectivity index (χ4v) is 1.68. The van der Waals surface area contributed by atoms with Gasteiger partial charge in [0.2, 0.25) is 0 Å². The van der Waals surface area contributed by atoms with Crippen LogP contribution < -0.4 is 0 Å². The number of rotatable bonds is 4. The second-order valence-electron chi connectivity index (χ2n) is 3.70. The quantitative estimate of drug-likeness (QED) is 0.759. The van der Waals surface area contributed by atoms with Gasteiger partial charge in [-0.25, -0.2) is 0 Å². The summed E-state index contributed by atoms with van der Waals surface area (Å²) in [6, 6.07) is 0. The average molecular weight is 215 g/mol. The van der Waals surface area contributed by atoms with Crippen LogP contribution in [0.3, 0.4) is 0 Å². The third-order valence-corrected chi connectivity index (χ3v) is 3.30. The zero-order valence-electron chi connectivity index (χ0n) is 8.39. The predicted molar refractivity (Wildman–Crippen MR) is 53.1 cm³/mol. The largest absolute Gasteiger partial charge is 0.481 e. The van der Waals surface area contributed by atoms with Crippen LogP contribution >= 0.6 is 11.8 Å². The lowest BCUT2D eigenvalue weighted by Crippen LogP contribution is -2.26. The van der Waals surface area contributed by atoms with E-state index in [4.69, 9.17) is 5.11 Å². The van der Waals surface area contributed by atoms with E-state index >= 15 is 0 Å². The molecule has 0 aliphatic heterocycles. The van der Waals surface area contributed by atoms with E-state index in [0.29, 0.717) is 5.75 Å². The minimum absolute atomic E-state index is 0.481. The van der Waals surface area contributed by atoms with Crippen molar-refractivity contribution in [1.82, 2.24) is 14.8 Å². The number of aryl methyl sites for hydroxylation is 1. The average Bonchev–Trinajstić information content (AvgIpc) is 2.47. The van der Waals surface area contributed by atoms with E-state index in [2.05, 4.69) is 10.2 Å². The predicted octanol–water partition coefficient (Wildman–Crippen LogP) is 1.02. The third kappa shape index (κ3) is 2.47. The zero-order chi connectivity index (χ0) is 10.8. The molecule has 0 saturated carbocycles. The van der Waals surface area contributed by atoms with Gasteiger partial charge in [-0.05, 0) is 13.8 Å². The van der Waals surface area contributed by atoms with E-state index < -0.39 is 11.4 Å². The Morgan fingerprint density at radius 3 is 2.79 bits per heavy atom. The molecule has 0 atom stereocenters. The molecule has 0 radical (unpaired) electrons. The number of hydrogen-bond donors (Lipinski definition) is 1. The van der Waals surface area contributed by atoms with Gasteiger partial charge in [0.15, 0.2) is 5.16 Å². The molecule has 0 aliphatic rings. The Morgan fingerprint density at radius 1 is 1.71 bits per heavy atom. The minimum atomic E-state index is -0.799. The first kappa shape index (κ1) is 11.0. The lowest BCUT2D eigenvalue weighted by Gasteiger charge is -2.17. The monoisotopic (exact) mass is 215 g/mol.